The normalized spacial score (nSPS) is 10.9. The summed E-state index contributed by atoms with van der Waals surface area (Å²) in [6.45, 7) is 4.18. The van der Waals surface area contributed by atoms with Gasteiger partial charge in [-0.3, -0.25) is 4.79 Å². The van der Waals surface area contributed by atoms with Crippen LogP contribution in [-0.4, -0.2) is 35.0 Å². The summed E-state index contributed by atoms with van der Waals surface area (Å²) in [5.74, 6) is 1.79. The van der Waals surface area contributed by atoms with Gasteiger partial charge in [0.25, 0.3) is 5.91 Å². The molecule has 0 bridgehead atoms. The first-order chi connectivity index (χ1) is 19.3. The first kappa shape index (κ1) is 27.1. The molecular weight excluding hydrogens is 568 g/mol. The Morgan fingerprint density at radius 2 is 1.68 bits per heavy atom. The van der Waals surface area contributed by atoms with E-state index in [0.29, 0.717) is 39.9 Å². The molecular formula is C31H29BrN6O2. The summed E-state index contributed by atoms with van der Waals surface area (Å²) in [6, 6.07) is 24.4. The van der Waals surface area contributed by atoms with Crippen molar-refractivity contribution in [2.24, 2.45) is 0 Å². The number of aromatic nitrogens is 3. The Morgan fingerprint density at radius 3 is 2.38 bits per heavy atom. The molecule has 3 aromatic carbocycles. The third-order valence-electron chi connectivity index (χ3n) is 6.29. The van der Waals surface area contributed by atoms with E-state index < -0.39 is 0 Å². The molecule has 202 valence electrons. The number of amides is 1. The number of benzene rings is 3. The van der Waals surface area contributed by atoms with Crippen molar-refractivity contribution in [3.8, 4) is 11.5 Å². The van der Waals surface area contributed by atoms with E-state index in [4.69, 9.17) is 9.72 Å². The van der Waals surface area contributed by atoms with Crippen molar-refractivity contribution in [1.82, 2.24) is 15.0 Å². The van der Waals surface area contributed by atoms with Gasteiger partial charge in [0, 0.05) is 41.2 Å². The van der Waals surface area contributed by atoms with Gasteiger partial charge in [-0.25, -0.2) is 15.0 Å². The third kappa shape index (κ3) is 6.21. The van der Waals surface area contributed by atoms with Gasteiger partial charge in [-0.1, -0.05) is 29.8 Å². The average molecular weight is 598 g/mol. The maximum atomic E-state index is 13.2. The van der Waals surface area contributed by atoms with E-state index in [1.54, 1.807) is 18.2 Å². The minimum absolute atomic E-state index is 0.247. The molecule has 0 aliphatic heterocycles. The number of anilines is 4. The number of fused-ring (bicyclic) bond motifs is 1. The van der Waals surface area contributed by atoms with Crippen molar-refractivity contribution < 1.29 is 9.53 Å². The van der Waals surface area contributed by atoms with Crippen LogP contribution >= 0.6 is 15.9 Å². The van der Waals surface area contributed by atoms with Crippen LogP contribution < -0.4 is 20.3 Å². The van der Waals surface area contributed by atoms with Crippen LogP contribution in [-0.2, 0) is 0 Å². The molecule has 9 heteroatoms. The summed E-state index contributed by atoms with van der Waals surface area (Å²) in [6.07, 6.45) is 1.48. The second-order valence-electron chi connectivity index (χ2n) is 9.77. The molecule has 0 unspecified atom stereocenters. The van der Waals surface area contributed by atoms with Gasteiger partial charge in [0.2, 0.25) is 0 Å². The van der Waals surface area contributed by atoms with E-state index in [9.17, 15) is 4.79 Å². The molecule has 5 aromatic rings. The Labute approximate surface area is 241 Å². The molecule has 2 aromatic heterocycles. The topological polar surface area (TPSA) is 92.3 Å². The zero-order valence-corrected chi connectivity index (χ0v) is 24.2. The van der Waals surface area contributed by atoms with Gasteiger partial charge < -0.3 is 20.3 Å². The van der Waals surface area contributed by atoms with Crippen molar-refractivity contribution in [1.29, 1.82) is 0 Å². The van der Waals surface area contributed by atoms with Gasteiger partial charge in [-0.2, -0.15) is 0 Å². The second kappa shape index (κ2) is 11.7. The lowest BCUT2D eigenvalue weighted by molar-refractivity contribution is 0.102. The van der Waals surface area contributed by atoms with E-state index in [1.165, 1.54) is 6.33 Å². The molecule has 0 fully saturated rings. The molecule has 40 heavy (non-hydrogen) atoms. The highest BCUT2D eigenvalue weighted by atomic mass is 79.9. The molecule has 0 radical (unpaired) electrons. The molecule has 1 amide bonds. The fourth-order valence-electron chi connectivity index (χ4n) is 4.04. The van der Waals surface area contributed by atoms with Crippen LogP contribution in [0.4, 0.5) is 22.9 Å². The summed E-state index contributed by atoms with van der Waals surface area (Å²) in [4.78, 5) is 28.7. The van der Waals surface area contributed by atoms with Crippen LogP contribution in [0.1, 0.15) is 35.8 Å². The molecule has 8 nitrogen and oxygen atoms in total. The Balaban J connectivity index is 1.50. The quantitative estimate of drug-likeness (QED) is 0.189. The first-order valence-corrected chi connectivity index (χ1v) is 13.6. The number of carbonyl (C=O) groups excluding carboxylic acids is 1. The molecule has 0 aliphatic carbocycles. The molecule has 0 aliphatic rings. The summed E-state index contributed by atoms with van der Waals surface area (Å²) in [5, 5.41) is 7.07. The average Bonchev–Trinajstić information content (AvgIpc) is 2.95. The summed E-state index contributed by atoms with van der Waals surface area (Å²) in [7, 11) is 3.97. The van der Waals surface area contributed by atoms with Crippen molar-refractivity contribution in [2.75, 3.05) is 29.6 Å². The zero-order chi connectivity index (χ0) is 28.2. The maximum Gasteiger partial charge on any atom is 0.255 e. The van der Waals surface area contributed by atoms with Crippen molar-refractivity contribution in [3.63, 3.8) is 0 Å². The lowest BCUT2D eigenvalue weighted by atomic mass is 10.1. The molecule has 0 saturated heterocycles. The number of carbonyl (C=O) groups is 1. The number of hydrogen-bond acceptors (Lipinski definition) is 7. The van der Waals surface area contributed by atoms with Gasteiger partial charge in [-0.05, 0) is 84.8 Å². The molecule has 0 spiro atoms. The van der Waals surface area contributed by atoms with Gasteiger partial charge in [0.1, 0.15) is 17.9 Å². The molecule has 0 saturated carbocycles. The van der Waals surface area contributed by atoms with Crippen LogP contribution in [0, 0.1) is 0 Å². The van der Waals surface area contributed by atoms with Crippen molar-refractivity contribution in [3.05, 3.63) is 101 Å². The van der Waals surface area contributed by atoms with Gasteiger partial charge in [0.05, 0.1) is 11.1 Å². The lowest BCUT2D eigenvalue weighted by Crippen LogP contribution is -2.12. The Kier molecular flexibility index (Phi) is 7.93. The fourth-order valence-corrected chi connectivity index (χ4v) is 4.30. The third-order valence-corrected chi connectivity index (χ3v) is 6.82. The minimum atomic E-state index is -0.247. The number of pyridine rings is 1. The first-order valence-electron chi connectivity index (χ1n) is 12.8. The summed E-state index contributed by atoms with van der Waals surface area (Å²) < 4.78 is 7.20. The number of nitrogens with zero attached hydrogens (tertiary/aromatic N) is 4. The Hall–Kier alpha value is -4.50. The maximum absolute atomic E-state index is 13.2. The van der Waals surface area contributed by atoms with E-state index in [2.05, 4.69) is 50.4 Å². The molecule has 0 atom stereocenters. The summed E-state index contributed by atoms with van der Waals surface area (Å²) >= 11 is 3.42. The predicted octanol–water partition coefficient (Wildman–Crippen LogP) is 7.76. The van der Waals surface area contributed by atoms with E-state index in [0.717, 1.165) is 21.2 Å². The molecule has 2 N–H and O–H groups in total. The highest BCUT2D eigenvalue weighted by Gasteiger charge is 2.15. The second-order valence-corrected chi connectivity index (χ2v) is 10.7. The predicted molar refractivity (Wildman–Crippen MR) is 164 cm³/mol. The zero-order valence-electron chi connectivity index (χ0n) is 22.6. The number of rotatable bonds is 8. The highest BCUT2D eigenvalue weighted by molar-refractivity contribution is 9.10. The highest BCUT2D eigenvalue weighted by Crippen LogP contribution is 2.35. The Bertz CT molecular complexity index is 1650. The number of ether oxygens (including phenoxy) is 1. The van der Waals surface area contributed by atoms with Crippen LogP contribution in [0.2, 0.25) is 0 Å². The van der Waals surface area contributed by atoms with E-state index in [1.807, 2.05) is 79.7 Å². The molecule has 5 rings (SSSR count). The van der Waals surface area contributed by atoms with E-state index >= 15 is 0 Å². The van der Waals surface area contributed by atoms with Crippen LogP contribution in [0.25, 0.3) is 11.0 Å². The van der Waals surface area contributed by atoms with E-state index in [-0.39, 0.29) is 11.8 Å². The van der Waals surface area contributed by atoms with Gasteiger partial charge in [-0.15, -0.1) is 0 Å². The number of halogens is 1. The van der Waals surface area contributed by atoms with Crippen LogP contribution in [0.5, 0.6) is 11.5 Å². The molecule has 2 heterocycles. The van der Waals surface area contributed by atoms with Gasteiger partial charge >= 0.3 is 0 Å². The summed E-state index contributed by atoms with van der Waals surface area (Å²) in [5.41, 5.74) is 4.33. The van der Waals surface area contributed by atoms with Gasteiger partial charge in [0.15, 0.2) is 11.4 Å². The number of hydrogen-bond donors (Lipinski definition) is 2. The van der Waals surface area contributed by atoms with Crippen LogP contribution in [0.15, 0.2) is 89.7 Å². The van der Waals surface area contributed by atoms with Crippen LogP contribution in [0.3, 0.4) is 0 Å². The number of nitrogens with one attached hydrogen (secondary N) is 2. The minimum Gasteiger partial charge on any atom is -0.455 e. The smallest absolute Gasteiger partial charge is 0.255 e. The monoisotopic (exact) mass is 596 g/mol. The lowest BCUT2D eigenvalue weighted by Gasteiger charge is -2.17. The van der Waals surface area contributed by atoms with Crippen molar-refractivity contribution >= 4 is 55.8 Å². The largest absolute Gasteiger partial charge is 0.455 e. The SMILES string of the molecule is CC(C)c1ccc2c(Nc3cc(C(=O)Nc4ccc(Br)cc4)ccc3Oc3ccc(N(C)C)cc3)ncnc2n1. The Morgan fingerprint density at radius 1 is 0.925 bits per heavy atom. The fraction of sp³-hybridized carbons (Fsp3) is 0.161. The standard InChI is InChI=1S/C31H29BrN6O2/c1-19(2)26-15-14-25-29(36-26)33-18-34-30(25)37-27-17-20(31(39)35-22-8-6-21(32)7-9-22)5-16-28(27)40-24-12-10-23(11-13-24)38(3)4/h5-19H,1-4H3,(H,35,39)(H,33,34,36,37). The van der Waals surface area contributed by atoms with Crippen molar-refractivity contribution in [2.45, 2.75) is 19.8 Å².